The van der Waals surface area contributed by atoms with Gasteiger partial charge in [0.1, 0.15) is 0 Å². The van der Waals surface area contributed by atoms with Gasteiger partial charge in [-0.3, -0.25) is 4.79 Å². The van der Waals surface area contributed by atoms with Crippen molar-refractivity contribution in [1.82, 2.24) is 5.32 Å². The maximum Gasteiger partial charge on any atom is 0.251 e. The highest BCUT2D eigenvalue weighted by molar-refractivity contribution is 5.96. The molecule has 0 heterocycles. The average molecular weight is 219 g/mol. The van der Waals surface area contributed by atoms with Crippen LogP contribution < -0.4 is 16.8 Å². The Morgan fingerprint density at radius 1 is 1.31 bits per heavy atom. The summed E-state index contributed by atoms with van der Waals surface area (Å²) in [5, 5.41) is 2.96. The summed E-state index contributed by atoms with van der Waals surface area (Å²) in [6, 6.07) is 5.18. The van der Waals surface area contributed by atoms with Gasteiger partial charge in [0.2, 0.25) is 0 Å². The molecule has 2 rings (SSSR count). The predicted octanol–water partition coefficient (Wildman–Crippen LogP) is 1.38. The van der Waals surface area contributed by atoms with Gasteiger partial charge in [-0.15, -0.1) is 0 Å². The molecule has 86 valence electrons. The van der Waals surface area contributed by atoms with Gasteiger partial charge in [-0.05, 0) is 30.0 Å². The van der Waals surface area contributed by atoms with E-state index in [1.54, 1.807) is 18.2 Å². The minimum absolute atomic E-state index is 0.102. The van der Waals surface area contributed by atoms with Gasteiger partial charge in [0.25, 0.3) is 5.91 Å². The van der Waals surface area contributed by atoms with Crippen molar-refractivity contribution in [3.63, 3.8) is 0 Å². The van der Waals surface area contributed by atoms with Gasteiger partial charge < -0.3 is 16.8 Å². The molecule has 0 spiro atoms. The molecule has 5 N–H and O–H groups in total. The highest BCUT2D eigenvalue weighted by Crippen LogP contribution is 2.44. The maximum absolute atomic E-state index is 11.9. The molecule has 4 heteroatoms. The zero-order chi connectivity index (χ0) is 11.9. The molecule has 1 unspecified atom stereocenters. The second kappa shape index (κ2) is 3.40. The number of benzene rings is 1. The molecule has 1 fully saturated rings. The zero-order valence-corrected chi connectivity index (χ0v) is 9.58. The Bertz CT molecular complexity index is 420. The molecule has 1 aliphatic rings. The number of rotatable bonds is 2. The fourth-order valence-electron chi connectivity index (χ4n) is 1.76. The van der Waals surface area contributed by atoms with Gasteiger partial charge in [0.15, 0.2) is 0 Å². The number of anilines is 2. The summed E-state index contributed by atoms with van der Waals surface area (Å²) in [5.41, 5.74) is 13.1. The number of nitrogens with one attached hydrogen (secondary N) is 1. The van der Waals surface area contributed by atoms with E-state index in [0.717, 1.165) is 6.42 Å². The van der Waals surface area contributed by atoms with E-state index in [-0.39, 0.29) is 17.4 Å². The summed E-state index contributed by atoms with van der Waals surface area (Å²) >= 11 is 0. The predicted molar refractivity (Wildman–Crippen MR) is 64.9 cm³/mol. The highest BCUT2D eigenvalue weighted by Gasteiger charge is 2.46. The van der Waals surface area contributed by atoms with E-state index < -0.39 is 0 Å². The van der Waals surface area contributed by atoms with Crippen LogP contribution in [-0.4, -0.2) is 11.9 Å². The van der Waals surface area contributed by atoms with E-state index in [4.69, 9.17) is 11.5 Å². The zero-order valence-electron chi connectivity index (χ0n) is 9.58. The van der Waals surface area contributed by atoms with Crippen LogP contribution in [0, 0.1) is 5.41 Å². The minimum atomic E-state index is -0.102. The third-order valence-corrected chi connectivity index (χ3v) is 3.06. The first kappa shape index (κ1) is 10.8. The average Bonchev–Trinajstić information content (AvgIpc) is 2.71. The van der Waals surface area contributed by atoms with Crippen LogP contribution in [0.3, 0.4) is 0 Å². The lowest BCUT2D eigenvalue weighted by Crippen LogP contribution is -2.28. The first-order chi connectivity index (χ1) is 7.38. The molecular weight excluding hydrogens is 202 g/mol. The molecule has 0 saturated heterocycles. The third kappa shape index (κ3) is 2.10. The minimum Gasteiger partial charge on any atom is -0.399 e. The van der Waals surface area contributed by atoms with Crippen molar-refractivity contribution in [2.45, 2.75) is 26.3 Å². The first-order valence-electron chi connectivity index (χ1n) is 5.35. The number of nitrogen functional groups attached to an aromatic ring is 2. The van der Waals surface area contributed by atoms with Crippen molar-refractivity contribution in [2.75, 3.05) is 11.5 Å². The van der Waals surface area contributed by atoms with Crippen molar-refractivity contribution < 1.29 is 4.79 Å². The van der Waals surface area contributed by atoms with Gasteiger partial charge in [-0.25, -0.2) is 0 Å². The van der Waals surface area contributed by atoms with Crippen LogP contribution in [0.25, 0.3) is 0 Å². The molecule has 0 radical (unpaired) electrons. The Kier molecular flexibility index (Phi) is 2.30. The maximum atomic E-state index is 11.9. The monoisotopic (exact) mass is 219 g/mol. The van der Waals surface area contributed by atoms with Gasteiger partial charge in [0, 0.05) is 23.0 Å². The SMILES string of the molecule is CC1(C)CC1NC(=O)c1cc(N)cc(N)c1. The van der Waals surface area contributed by atoms with Crippen LogP contribution in [0.1, 0.15) is 30.6 Å². The van der Waals surface area contributed by atoms with Crippen LogP contribution in [-0.2, 0) is 0 Å². The molecule has 1 aliphatic carbocycles. The standard InChI is InChI=1S/C12H17N3O/c1-12(2)6-10(12)15-11(16)7-3-8(13)5-9(14)4-7/h3-5,10H,6,13-14H2,1-2H3,(H,15,16). The number of nitrogens with two attached hydrogens (primary N) is 2. The lowest BCUT2D eigenvalue weighted by Gasteiger charge is -2.08. The second-order valence-corrected chi connectivity index (χ2v) is 5.11. The molecule has 0 aliphatic heterocycles. The molecule has 1 amide bonds. The van der Waals surface area contributed by atoms with E-state index in [2.05, 4.69) is 19.2 Å². The highest BCUT2D eigenvalue weighted by atomic mass is 16.1. The lowest BCUT2D eigenvalue weighted by atomic mass is 10.1. The molecular formula is C12H17N3O. The lowest BCUT2D eigenvalue weighted by molar-refractivity contribution is 0.0946. The summed E-state index contributed by atoms with van der Waals surface area (Å²) < 4.78 is 0. The smallest absolute Gasteiger partial charge is 0.251 e. The summed E-state index contributed by atoms with van der Waals surface area (Å²) in [4.78, 5) is 11.9. The van der Waals surface area contributed by atoms with Crippen molar-refractivity contribution in [3.8, 4) is 0 Å². The second-order valence-electron chi connectivity index (χ2n) is 5.11. The van der Waals surface area contributed by atoms with Crippen molar-refractivity contribution in [2.24, 2.45) is 5.41 Å². The van der Waals surface area contributed by atoms with Crippen LogP contribution >= 0.6 is 0 Å². The normalized spacial score (nSPS) is 21.5. The van der Waals surface area contributed by atoms with Crippen molar-refractivity contribution in [3.05, 3.63) is 23.8 Å². The van der Waals surface area contributed by atoms with Crippen molar-refractivity contribution in [1.29, 1.82) is 0 Å². The molecule has 1 atom stereocenters. The Balaban J connectivity index is 2.09. The number of hydrogen-bond donors (Lipinski definition) is 3. The number of hydrogen-bond acceptors (Lipinski definition) is 3. The van der Waals surface area contributed by atoms with Crippen LogP contribution in [0.4, 0.5) is 11.4 Å². The molecule has 0 bridgehead atoms. The Morgan fingerprint density at radius 2 is 1.81 bits per heavy atom. The number of carbonyl (C=O) groups excluding carboxylic acids is 1. The van der Waals surface area contributed by atoms with Gasteiger partial charge >= 0.3 is 0 Å². The van der Waals surface area contributed by atoms with E-state index in [1.807, 2.05) is 0 Å². The molecule has 0 aromatic heterocycles. The van der Waals surface area contributed by atoms with Gasteiger partial charge in [-0.2, -0.15) is 0 Å². The van der Waals surface area contributed by atoms with Gasteiger partial charge in [0.05, 0.1) is 0 Å². The summed E-state index contributed by atoms with van der Waals surface area (Å²) in [7, 11) is 0. The summed E-state index contributed by atoms with van der Waals surface area (Å²) in [6.45, 7) is 4.26. The summed E-state index contributed by atoms with van der Waals surface area (Å²) in [5.74, 6) is -0.102. The van der Waals surface area contributed by atoms with Crippen LogP contribution in [0.5, 0.6) is 0 Å². The topological polar surface area (TPSA) is 81.1 Å². The summed E-state index contributed by atoms with van der Waals surface area (Å²) in [6.07, 6.45) is 1.02. The third-order valence-electron chi connectivity index (χ3n) is 3.06. The Hall–Kier alpha value is -1.71. The molecule has 4 nitrogen and oxygen atoms in total. The number of amides is 1. The van der Waals surface area contributed by atoms with E-state index in [1.165, 1.54) is 0 Å². The first-order valence-corrected chi connectivity index (χ1v) is 5.35. The van der Waals surface area contributed by atoms with E-state index in [9.17, 15) is 4.79 Å². The van der Waals surface area contributed by atoms with E-state index >= 15 is 0 Å². The molecule has 16 heavy (non-hydrogen) atoms. The fourth-order valence-corrected chi connectivity index (χ4v) is 1.76. The van der Waals surface area contributed by atoms with Crippen LogP contribution in [0.2, 0.25) is 0 Å². The number of carbonyl (C=O) groups is 1. The van der Waals surface area contributed by atoms with Crippen LogP contribution in [0.15, 0.2) is 18.2 Å². The Labute approximate surface area is 95.0 Å². The van der Waals surface area contributed by atoms with E-state index in [0.29, 0.717) is 16.9 Å². The van der Waals surface area contributed by atoms with Crippen molar-refractivity contribution >= 4 is 17.3 Å². The molecule has 1 aromatic rings. The molecule has 1 saturated carbocycles. The quantitative estimate of drug-likeness (QED) is 0.657. The molecule has 1 aromatic carbocycles. The Morgan fingerprint density at radius 3 is 2.25 bits per heavy atom. The van der Waals surface area contributed by atoms with Gasteiger partial charge in [-0.1, -0.05) is 13.8 Å². The fraction of sp³-hybridized carbons (Fsp3) is 0.417. The largest absolute Gasteiger partial charge is 0.399 e.